The highest BCUT2D eigenvalue weighted by molar-refractivity contribution is 6.33. The Hall–Kier alpha value is -4.88. The quantitative estimate of drug-likeness (QED) is 0.263. The Morgan fingerprint density at radius 1 is 1.02 bits per heavy atom. The normalized spacial score (nSPS) is 11.0. The Kier molecular flexibility index (Phi) is 6.92. The van der Waals surface area contributed by atoms with Gasteiger partial charge in [0.15, 0.2) is 17.5 Å². The molecule has 40 heavy (non-hydrogen) atoms. The van der Waals surface area contributed by atoms with Crippen LogP contribution < -0.4 is 16.0 Å². The van der Waals surface area contributed by atoms with Gasteiger partial charge in [-0.05, 0) is 72.1 Å². The van der Waals surface area contributed by atoms with E-state index >= 15 is 0 Å². The van der Waals surface area contributed by atoms with Crippen LogP contribution in [0.5, 0.6) is 5.75 Å². The first-order valence-corrected chi connectivity index (χ1v) is 12.1. The third-order valence-electron chi connectivity index (χ3n) is 6.34. The predicted molar refractivity (Wildman–Crippen MR) is 143 cm³/mol. The maximum Gasteiger partial charge on any atom is 0.336 e. The van der Waals surface area contributed by atoms with Gasteiger partial charge in [0.2, 0.25) is 0 Å². The van der Waals surface area contributed by atoms with Crippen molar-refractivity contribution in [2.75, 3.05) is 7.11 Å². The molecule has 0 bridgehead atoms. The summed E-state index contributed by atoms with van der Waals surface area (Å²) < 4.78 is 49.4. The fourth-order valence-corrected chi connectivity index (χ4v) is 4.73. The summed E-state index contributed by atoms with van der Waals surface area (Å²) in [7, 11) is 1.34. The molecule has 0 N–H and O–H groups in total. The molecule has 0 aliphatic rings. The number of aryl methyl sites for hydroxylation is 1. The van der Waals surface area contributed by atoms with Crippen molar-refractivity contribution in [3.63, 3.8) is 0 Å². The van der Waals surface area contributed by atoms with E-state index in [0.29, 0.717) is 22.3 Å². The van der Waals surface area contributed by atoms with Gasteiger partial charge in [-0.2, -0.15) is 5.26 Å². The molecule has 0 aliphatic heterocycles. The number of rotatable bonds is 5. The van der Waals surface area contributed by atoms with Gasteiger partial charge in [0.25, 0.3) is 5.56 Å². The molecule has 2 aromatic heterocycles. The van der Waals surface area contributed by atoms with Crippen LogP contribution >= 0.6 is 11.6 Å². The molecule has 0 unspecified atom stereocenters. The smallest absolute Gasteiger partial charge is 0.336 e. The van der Waals surface area contributed by atoms with Crippen LogP contribution in [0.1, 0.15) is 16.7 Å². The van der Waals surface area contributed by atoms with Crippen molar-refractivity contribution in [3.05, 3.63) is 121 Å². The molecule has 11 heteroatoms. The predicted octanol–water partition coefficient (Wildman–Crippen LogP) is 5.52. The lowest BCUT2D eigenvalue weighted by Gasteiger charge is -2.18. The van der Waals surface area contributed by atoms with Crippen LogP contribution in [0.25, 0.3) is 27.7 Å². The molecule has 0 saturated carbocycles. The summed E-state index contributed by atoms with van der Waals surface area (Å²) in [6.07, 6.45) is 2.88. The van der Waals surface area contributed by atoms with Crippen LogP contribution in [0.2, 0.25) is 5.02 Å². The van der Waals surface area contributed by atoms with E-state index in [0.717, 1.165) is 21.3 Å². The Morgan fingerprint density at radius 2 is 1.75 bits per heavy atom. The van der Waals surface area contributed by atoms with Crippen LogP contribution in [-0.2, 0) is 6.54 Å². The molecule has 0 fully saturated rings. The lowest BCUT2D eigenvalue weighted by Crippen LogP contribution is -2.39. The van der Waals surface area contributed by atoms with E-state index in [4.69, 9.17) is 16.3 Å². The van der Waals surface area contributed by atoms with Gasteiger partial charge >= 0.3 is 5.69 Å². The van der Waals surface area contributed by atoms with Gasteiger partial charge < -0.3 is 4.74 Å². The Balaban J connectivity index is 1.90. The number of aromatic nitrogens is 3. The van der Waals surface area contributed by atoms with Gasteiger partial charge in [0.1, 0.15) is 11.1 Å². The summed E-state index contributed by atoms with van der Waals surface area (Å²) in [6, 6.07) is 12.8. The molecule has 0 radical (unpaired) electrons. The van der Waals surface area contributed by atoms with E-state index in [1.54, 1.807) is 19.2 Å². The number of benzene rings is 3. The van der Waals surface area contributed by atoms with Crippen LogP contribution in [0, 0.1) is 35.7 Å². The standard InChI is InChI=1S/C29H18ClF3N4O3/c1-15-5-19(13-35-12-15)37-28(38)26-24(36(29(37)39)14-17-7-22(31)27(33)23(32)8-17)9-18(10-25(26)40-2)20-6-16(11-34)3-4-21(20)30/h3-10,12-13H,14H2,1-2H3. The minimum absolute atomic E-state index is 0.0111. The van der Waals surface area contributed by atoms with Crippen LogP contribution in [-0.4, -0.2) is 21.2 Å². The molecule has 0 spiro atoms. The number of nitriles is 1. The largest absolute Gasteiger partial charge is 0.496 e. The van der Waals surface area contributed by atoms with Crippen molar-refractivity contribution >= 4 is 22.5 Å². The van der Waals surface area contributed by atoms with Crippen molar-refractivity contribution in [1.29, 1.82) is 5.26 Å². The van der Waals surface area contributed by atoms with Crippen LogP contribution in [0.15, 0.2) is 70.5 Å². The van der Waals surface area contributed by atoms with Gasteiger partial charge in [0, 0.05) is 16.8 Å². The Morgan fingerprint density at radius 3 is 2.40 bits per heavy atom. The highest BCUT2D eigenvalue weighted by atomic mass is 35.5. The van der Waals surface area contributed by atoms with Crippen molar-refractivity contribution in [3.8, 4) is 28.6 Å². The number of methoxy groups -OCH3 is 1. The zero-order valence-electron chi connectivity index (χ0n) is 21.0. The molecular weight excluding hydrogens is 545 g/mol. The lowest BCUT2D eigenvalue weighted by atomic mass is 10.0. The van der Waals surface area contributed by atoms with E-state index in [1.807, 2.05) is 6.07 Å². The molecule has 3 aromatic carbocycles. The van der Waals surface area contributed by atoms with Crippen molar-refractivity contribution in [2.24, 2.45) is 0 Å². The average molecular weight is 563 g/mol. The summed E-state index contributed by atoms with van der Waals surface area (Å²) in [4.78, 5) is 31.8. The molecule has 7 nitrogen and oxygen atoms in total. The highest BCUT2D eigenvalue weighted by Crippen LogP contribution is 2.35. The van der Waals surface area contributed by atoms with Gasteiger partial charge in [-0.25, -0.2) is 22.5 Å². The first-order valence-electron chi connectivity index (χ1n) is 11.8. The second kappa shape index (κ2) is 10.4. The molecule has 5 rings (SSSR count). The maximum absolute atomic E-state index is 14.1. The molecule has 200 valence electrons. The minimum Gasteiger partial charge on any atom is -0.496 e. The number of ether oxygens (including phenoxy) is 1. The SMILES string of the molecule is COc1cc(-c2cc(C#N)ccc2Cl)cc2c1c(=O)n(-c1cncc(C)c1)c(=O)n2Cc1cc(F)c(F)c(F)c1. The van der Waals surface area contributed by atoms with Crippen LogP contribution in [0.4, 0.5) is 13.2 Å². The fourth-order valence-electron chi connectivity index (χ4n) is 4.51. The lowest BCUT2D eigenvalue weighted by molar-refractivity contribution is 0.419. The molecule has 0 aliphatic carbocycles. The monoisotopic (exact) mass is 562 g/mol. The Bertz CT molecular complexity index is 1970. The van der Waals surface area contributed by atoms with Crippen LogP contribution in [0.3, 0.4) is 0 Å². The third kappa shape index (κ3) is 4.61. The van der Waals surface area contributed by atoms with Crippen molar-refractivity contribution in [2.45, 2.75) is 13.5 Å². The summed E-state index contributed by atoms with van der Waals surface area (Å²) in [5.41, 5.74) is 0.412. The fraction of sp³-hybridized carbons (Fsp3) is 0.103. The van der Waals surface area contributed by atoms with Gasteiger partial charge in [-0.1, -0.05) is 11.6 Å². The highest BCUT2D eigenvalue weighted by Gasteiger charge is 2.22. The number of halogens is 4. The van der Waals surface area contributed by atoms with E-state index in [2.05, 4.69) is 4.98 Å². The maximum atomic E-state index is 14.1. The molecule has 2 heterocycles. The van der Waals surface area contributed by atoms with E-state index in [-0.39, 0.29) is 32.9 Å². The summed E-state index contributed by atoms with van der Waals surface area (Å²) in [5.74, 6) is -4.42. The Labute approximate surface area is 229 Å². The first kappa shape index (κ1) is 26.7. The summed E-state index contributed by atoms with van der Waals surface area (Å²) in [5, 5.41) is 9.65. The number of hydrogen-bond donors (Lipinski definition) is 0. The average Bonchev–Trinajstić information content (AvgIpc) is 2.93. The third-order valence-corrected chi connectivity index (χ3v) is 6.67. The number of hydrogen-bond acceptors (Lipinski definition) is 5. The van der Waals surface area contributed by atoms with Gasteiger partial charge in [-0.15, -0.1) is 0 Å². The molecular formula is C29H18ClF3N4O3. The zero-order chi connectivity index (χ0) is 28.7. The summed E-state index contributed by atoms with van der Waals surface area (Å²) >= 11 is 6.43. The summed E-state index contributed by atoms with van der Waals surface area (Å²) in [6.45, 7) is 1.30. The molecule has 0 amide bonds. The van der Waals surface area contributed by atoms with Gasteiger partial charge in [0.05, 0.1) is 42.7 Å². The topological polar surface area (TPSA) is 89.9 Å². The van der Waals surface area contributed by atoms with E-state index in [1.165, 1.54) is 43.6 Å². The van der Waals surface area contributed by atoms with Crippen molar-refractivity contribution in [1.82, 2.24) is 14.1 Å². The first-order chi connectivity index (χ1) is 19.1. The number of nitrogens with zero attached hydrogens (tertiary/aromatic N) is 4. The second-order valence-corrected chi connectivity index (χ2v) is 9.39. The molecule has 5 aromatic rings. The number of fused-ring (bicyclic) bond motifs is 1. The van der Waals surface area contributed by atoms with Crippen molar-refractivity contribution < 1.29 is 17.9 Å². The van der Waals surface area contributed by atoms with Gasteiger partial charge in [-0.3, -0.25) is 14.3 Å². The zero-order valence-corrected chi connectivity index (χ0v) is 21.8. The minimum atomic E-state index is -1.65. The molecule has 0 atom stereocenters. The molecule has 0 saturated heterocycles. The second-order valence-electron chi connectivity index (χ2n) is 8.98. The van der Waals surface area contributed by atoms with E-state index in [9.17, 15) is 28.0 Å². The van der Waals surface area contributed by atoms with E-state index < -0.39 is 35.2 Å². The number of pyridine rings is 1.